The number of rotatable bonds is 9. The highest BCUT2D eigenvalue weighted by atomic mass is 16.5. The van der Waals surface area contributed by atoms with Crippen molar-refractivity contribution in [3.63, 3.8) is 0 Å². The molecule has 0 bridgehead atoms. The molecule has 0 aromatic rings. The van der Waals surface area contributed by atoms with Gasteiger partial charge < -0.3 is 9.47 Å². The van der Waals surface area contributed by atoms with E-state index in [4.69, 9.17) is 0 Å². The van der Waals surface area contributed by atoms with E-state index in [1.165, 1.54) is 6.47 Å². The van der Waals surface area contributed by atoms with Crippen LogP contribution in [-0.2, 0) is 19.1 Å². The molecule has 4 heteroatoms. The molecule has 0 saturated carbocycles. The topological polar surface area (TPSA) is 52.6 Å². The van der Waals surface area contributed by atoms with Crippen molar-refractivity contribution < 1.29 is 19.1 Å². The lowest BCUT2D eigenvalue weighted by molar-refractivity contribution is -0.128. The molecule has 0 N–H and O–H groups in total. The van der Waals surface area contributed by atoms with E-state index in [2.05, 4.69) is 9.47 Å². The summed E-state index contributed by atoms with van der Waals surface area (Å²) in [4.78, 5) is 19.3. The van der Waals surface area contributed by atoms with E-state index in [-0.39, 0.29) is 0 Å². The normalized spacial score (nSPS) is 9.00. The fourth-order valence-electron chi connectivity index (χ4n) is 0.803. The van der Waals surface area contributed by atoms with Crippen molar-refractivity contribution in [1.29, 1.82) is 0 Å². The molecule has 0 amide bonds. The number of carbonyl (C=O) groups is 1. The van der Waals surface area contributed by atoms with Gasteiger partial charge in [-0.05, 0) is 25.7 Å². The van der Waals surface area contributed by atoms with Crippen molar-refractivity contribution in [3.8, 4) is 0 Å². The van der Waals surface area contributed by atoms with E-state index >= 15 is 0 Å². The zero-order valence-corrected chi connectivity index (χ0v) is 6.95. The highest BCUT2D eigenvalue weighted by Crippen LogP contribution is 1.99. The van der Waals surface area contributed by atoms with Gasteiger partial charge in [-0.1, -0.05) is 0 Å². The van der Waals surface area contributed by atoms with Gasteiger partial charge in [0.05, 0.1) is 13.2 Å². The molecule has 0 atom stereocenters. The van der Waals surface area contributed by atoms with Gasteiger partial charge in [0.25, 0.3) is 6.47 Å². The molecule has 4 nitrogen and oxygen atoms in total. The fraction of sp³-hybridized carbons (Fsp3) is 0.750. The summed E-state index contributed by atoms with van der Waals surface area (Å²) in [6.45, 7) is 2.71. The molecular formula is C8H13O4. The van der Waals surface area contributed by atoms with E-state index in [9.17, 15) is 9.59 Å². The maximum Gasteiger partial charge on any atom is 0.417 e. The molecule has 0 heterocycles. The summed E-state index contributed by atoms with van der Waals surface area (Å²) in [6.07, 6.45) is 3.67. The Balaban J connectivity index is 2.81. The maximum absolute atomic E-state index is 9.69. The molecule has 0 aliphatic rings. The second-order valence-electron chi connectivity index (χ2n) is 2.31. The summed E-state index contributed by atoms with van der Waals surface area (Å²) in [5.41, 5.74) is 0. The van der Waals surface area contributed by atoms with E-state index in [1.54, 1.807) is 0 Å². The first-order chi connectivity index (χ1) is 5.91. The van der Waals surface area contributed by atoms with Crippen LogP contribution in [0.2, 0.25) is 0 Å². The first-order valence-electron chi connectivity index (χ1n) is 3.96. The zero-order chi connectivity index (χ0) is 9.07. The van der Waals surface area contributed by atoms with Crippen LogP contribution < -0.4 is 0 Å². The largest absolute Gasteiger partial charge is 0.468 e. The Morgan fingerprint density at radius 2 is 1.75 bits per heavy atom. The Morgan fingerprint density at radius 3 is 2.33 bits per heavy atom. The van der Waals surface area contributed by atoms with Crippen LogP contribution >= 0.6 is 0 Å². The van der Waals surface area contributed by atoms with Gasteiger partial charge in [0.1, 0.15) is 0 Å². The van der Waals surface area contributed by atoms with Gasteiger partial charge >= 0.3 is 6.47 Å². The minimum atomic E-state index is 0.429. The SMILES string of the molecule is O=[C]OCCCCCCOC=O. The zero-order valence-electron chi connectivity index (χ0n) is 6.95. The van der Waals surface area contributed by atoms with Gasteiger partial charge in [-0.15, -0.1) is 0 Å². The number of unbranched alkanes of at least 4 members (excludes halogenated alkanes) is 3. The summed E-state index contributed by atoms with van der Waals surface area (Å²) >= 11 is 0. The number of carbonyl (C=O) groups excluding carboxylic acids is 2. The molecule has 1 radical (unpaired) electrons. The van der Waals surface area contributed by atoms with Gasteiger partial charge in [0, 0.05) is 0 Å². The summed E-state index contributed by atoms with van der Waals surface area (Å²) in [5, 5.41) is 0. The Labute approximate surface area is 71.8 Å². The van der Waals surface area contributed by atoms with Crippen molar-refractivity contribution in [1.82, 2.24) is 0 Å². The molecule has 12 heavy (non-hydrogen) atoms. The Kier molecular flexibility index (Phi) is 9.06. The highest BCUT2D eigenvalue weighted by molar-refractivity contribution is 5.38. The lowest BCUT2D eigenvalue weighted by Crippen LogP contribution is -1.94. The molecule has 0 aliphatic heterocycles. The van der Waals surface area contributed by atoms with Crippen molar-refractivity contribution in [3.05, 3.63) is 0 Å². The van der Waals surface area contributed by atoms with Gasteiger partial charge in [-0.3, -0.25) is 4.79 Å². The van der Waals surface area contributed by atoms with Gasteiger partial charge in [0.2, 0.25) is 0 Å². The van der Waals surface area contributed by atoms with Crippen LogP contribution in [0.5, 0.6) is 0 Å². The molecule has 0 aromatic carbocycles. The van der Waals surface area contributed by atoms with Crippen molar-refractivity contribution in [2.24, 2.45) is 0 Å². The van der Waals surface area contributed by atoms with Crippen LogP contribution in [0.3, 0.4) is 0 Å². The molecular weight excluding hydrogens is 160 g/mol. The second kappa shape index (κ2) is 9.94. The van der Waals surface area contributed by atoms with Crippen LogP contribution in [0.25, 0.3) is 0 Å². The second-order valence-corrected chi connectivity index (χ2v) is 2.31. The Hall–Kier alpha value is -1.06. The first kappa shape index (κ1) is 10.9. The van der Waals surface area contributed by atoms with E-state index < -0.39 is 0 Å². The van der Waals surface area contributed by atoms with Crippen molar-refractivity contribution >= 4 is 12.9 Å². The minimum Gasteiger partial charge on any atom is -0.468 e. The van der Waals surface area contributed by atoms with Crippen LogP contribution in [0.4, 0.5) is 0 Å². The monoisotopic (exact) mass is 173 g/mol. The maximum atomic E-state index is 9.69. The van der Waals surface area contributed by atoms with Crippen LogP contribution in [0.15, 0.2) is 0 Å². The third-order valence-corrected chi connectivity index (χ3v) is 1.39. The Bertz CT molecular complexity index is 99.6. The van der Waals surface area contributed by atoms with E-state index in [0.29, 0.717) is 19.7 Å². The molecule has 0 fully saturated rings. The van der Waals surface area contributed by atoms with Crippen LogP contribution in [0, 0.1) is 0 Å². The summed E-state index contributed by atoms with van der Waals surface area (Å²) < 4.78 is 8.86. The number of ether oxygens (including phenoxy) is 2. The average Bonchev–Trinajstić information content (AvgIpc) is 2.10. The molecule has 0 aliphatic carbocycles. The minimum absolute atomic E-state index is 0.429. The van der Waals surface area contributed by atoms with Gasteiger partial charge in [0.15, 0.2) is 0 Å². The lowest BCUT2D eigenvalue weighted by Gasteiger charge is -1.99. The summed E-state index contributed by atoms with van der Waals surface area (Å²) in [5.74, 6) is 0. The number of hydrogen-bond donors (Lipinski definition) is 0. The van der Waals surface area contributed by atoms with Gasteiger partial charge in [-0.2, -0.15) is 0 Å². The molecule has 0 spiro atoms. The predicted octanol–water partition coefficient (Wildman–Crippen LogP) is 0.804. The smallest absolute Gasteiger partial charge is 0.417 e. The molecule has 0 aromatic heterocycles. The van der Waals surface area contributed by atoms with Crippen molar-refractivity contribution in [2.75, 3.05) is 13.2 Å². The van der Waals surface area contributed by atoms with E-state index in [1.807, 2.05) is 0 Å². The third kappa shape index (κ3) is 8.94. The highest BCUT2D eigenvalue weighted by Gasteiger charge is 1.90. The average molecular weight is 173 g/mol. The Morgan fingerprint density at radius 1 is 1.08 bits per heavy atom. The van der Waals surface area contributed by atoms with Crippen LogP contribution in [0.1, 0.15) is 25.7 Å². The van der Waals surface area contributed by atoms with E-state index in [0.717, 1.165) is 25.7 Å². The first-order valence-corrected chi connectivity index (χ1v) is 3.96. The van der Waals surface area contributed by atoms with Crippen molar-refractivity contribution in [2.45, 2.75) is 25.7 Å². The lowest BCUT2D eigenvalue weighted by atomic mass is 10.2. The molecule has 0 rings (SSSR count). The summed E-state index contributed by atoms with van der Waals surface area (Å²) in [7, 11) is 0. The molecule has 69 valence electrons. The number of hydrogen-bond acceptors (Lipinski definition) is 4. The fourth-order valence-corrected chi connectivity index (χ4v) is 0.803. The molecule has 0 unspecified atom stereocenters. The predicted molar refractivity (Wildman–Crippen MR) is 42.1 cm³/mol. The quantitative estimate of drug-likeness (QED) is 0.382. The summed E-state index contributed by atoms with van der Waals surface area (Å²) in [6, 6.07) is 0. The molecule has 0 saturated heterocycles. The standard InChI is InChI=1S/C8H13O4/c9-7-11-5-3-1-2-4-6-12-8-10/h7H,1-6H2. The third-order valence-electron chi connectivity index (χ3n) is 1.39. The van der Waals surface area contributed by atoms with Crippen LogP contribution in [-0.4, -0.2) is 26.2 Å². The van der Waals surface area contributed by atoms with Gasteiger partial charge in [-0.25, -0.2) is 4.79 Å².